The summed E-state index contributed by atoms with van der Waals surface area (Å²) in [4.78, 5) is 6.68. The Labute approximate surface area is 169 Å². The Morgan fingerprint density at radius 1 is 1.18 bits per heavy atom. The standard InChI is InChI=1S/C22H21ClN2O3/c1-27-20-5-6-24-19(12-20)14-25-7-8-28-22-17(13-25)9-16(11-21(22)26)15-3-2-4-18(23)10-15/h2-6,9-12,26H,7-8,13-14H2,1H3. The highest BCUT2D eigenvalue weighted by atomic mass is 35.5. The van der Waals surface area contributed by atoms with Crippen molar-refractivity contribution in [2.45, 2.75) is 13.1 Å². The lowest BCUT2D eigenvalue weighted by Crippen LogP contribution is -2.25. The highest BCUT2D eigenvalue weighted by Crippen LogP contribution is 2.38. The summed E-state index contributed by atoms with van der Waals surface area (Å²) in [5.74, 6) is 1.48. The maximum absolute atomic E-state index is 10.5. The van der Waals surface area contributed by atoms with E-state index in [-0.39, 0.29) is 5.75 Å². The number of phenols is 1. The number of rotatable bonds is 4. The van der Waals surface area contributed by atoms with Gasteiger partial charge in [-0.2, -0.15) is 0 Å². The second-order valence-corrected chi connectivity index (χ2v) is 7.18. The molecule has 144 valence electrons. The minimum Gasteiger partial charge on any atom is -0.504 e. The van der Waals surface area contributed by atoms with Crippen LogP contribution in [0.2, 0.25) is 5.02 Å². The molecule has 1 aliphatic heterocycles. The quantitative estimate of drug-likeness (QED) is 0.703. The van der Waals surface area contributed by atoms with Gasteiger partial charge >= 0.3 is 0 Å². The number of nitrogens with zero attached hydrogens (tertiary/aromatic N) is 2. The molecule has 0 atom stereocenters. The number of ether oxygens (including phenoxy) is 2. The number of benzene rings is 2. The molecule has 0 spiro atoms. The predicted octanol–water partition coefficient (Wildman–Crippen LogP) is 4.51. The Balaban J connectivity index is 1.62. The molecular weight excluding hydrogens is 376 g/mol. The van der Waals surface area contributed by atoms with Crippen molar-refractivity contribution in [3.05, 3.63) is 71.0 Å². The van der Waals surface area contributed by atoms with Gasteiger partial charge in [-0.25, -0.2) is 0 Å². The molecule has 0 amide bonds. The van der Waals surface area contributed by atoms with Gasteiger partial charge in [-0.3, -0.25) is 9.88 Å². The lowest BCUT2D eigenvalue weighted by molar-refractivity contribution is 0.215. The second-order valence-electron chi connectivity index (χ2n) is 6.74. The first kappa shape index (κ1) is 18.6. The fraction of sp³-hybridized carbons (Fsp3) is 0.227. The monoisotopic (exact) mass is 396 g/mol. The third-order valence-corrected chi connectivity index (χ3v) is 5.00. The maximum atomic E-state index is 10.5. The maximum Gasteiger partial charge on any atom is 0.165 e. The number of halogens is 1. The van der Waals surface area contributed by atoms with E-state index in [1.807, 2.05) is 36.4 Å². The first-order chi connectivity index (χ1) is 13.6. The smallest absolute Gasteiger partial charge is 0.165 e. The van der Waals surface area contributed by atoms with Gasteiger partial charge in [0.25, 0.3) is 0 Å². The van der Waals surface area contributed by atoms with Gasteiger partial charge in [0.05, 0.1) is 12.8 Å². The van der Waals surface area contributed by atoms with Crippen molar-refractivity contribution < 1.29 is 14.6 Å². The van der Waals surface area contributed by atoms with Crippen LogP contribution >= 0.6 is 11.6 Å². The van der Waals surface area contributed by atoms with Crippen molar-refractivity contribution in [1.29, 1.82) is 0 Å². The van der Waals surface area contributed by atoms with Gasteiger partial charge < -0.3 is 14.6 Å². The van der Waals surface area contributed by atoms with Gasteiger partial charge in [0.1, 0.15) is 12.4 Å². The Bertz CT molecular complexity index is 993. The molecule has 0 unspecified atom stereocenters. The van der Waals surface area contributed by atoms with Gasteiger partial charge in [0.2, 0.25) is 0 Å². The van der Waals surface area contributed by atoms with Crippen molar-refractivity contribution in [2.24, 2.45) is 0 Å². The fourth-order valence-corrected chi connectivity index (χ4v) is 3.61. The number of aromatic hydroxyl groups is 1. The summed E-state index contributed by atoms with van der Waals surface area (Å²) < 4.78 is 11.1. The number of hydrogen-bond acceptors (Lipinski definition) is 5. The molecule has 0 radical (unpaired) electrons. The van der Waals surface area contributed by atoms with Crippen molar-refractivity contribution in [1.82, 2.24) is 9.88 Å². The van der Waals surface area contributed by atoms with Crippen LogP contribution in [0.3, 0.4) is 0 Å². The zero-order valence-corrected chi connectivity index (χ0v) is 16.3. The molecule has 28 heavy (non-hydrogen) atoms. The van der Waals surface area contributed by atoms with Crippen molar-refractivity contribution >= 4 is 11.6 Å². The molecule has 0 saturated heterocycles. The van der Waals surface area contributed by atoms with E-state index in [2.05, 4.69) is 16.0 Å². The van der Waals surface area contributed by atoms with Crippen LogP contribution in [-0.4, -0.2) is 35.3 Å². The van der Waals surface area contributed by atoms with Crippen molar-refractivity contribution in [2.75, 3.05) is 20.3 Å². The van der Waals surface area contributed by atoms with E-state index in [4.69, 9.17) is 21.1 Å². The van der Waals surface area contributed by atoms with Gasteiger partial charge in [0, 0.05) is 42.5 Å². The molecule has 0 bridgehead atoms. The SMILES string of the molecule is COc1ccnc(CN2CCOc3c(O)cc(-c4cccc(Cl)c4)cc3C2)c1. The summed E-state index contributed by atoms with van der Waals surface area (Å²) in [6, 6.07) is 15.1. The van der Waals surface area contributed by atoms with E-state index in [0.29, 0.717) is 30.5 Å². The average molecular weight is 397 g/mol. The average Bonchev–Trinajstić information content (AvgIpc) is 2.90. The predicted molar refractivity (Wildman–Crippen MR) is 109 cm³/mol. The Morgan fingerprint density at radius 2 is 2.07 bits per heavy atom. The molecule has 0 aliphatic carbocycles. The molecule has 6 heteroatoms. The minimum atomic E-state index is 0.147. The summed E-state index contributed by atoms with van der Waals surface area (Å²) in [6.45, 7) is 2.55. The molecule has 3 aromatic rings. The summed E-state index contributed by atoms with van der Waals surface area (Å²) >= 11 is 6.13. The highest BCUT2D eigenvalue weighted by Gasteiger charge is 2.20. The van der Waals surface area contributed by atoms with Gasteiger partial charge in [-0.1, -0.05) is 23.7 Å². The zero-order chi connectivity index (χ0) is 19.5. The molecule has 1 aromatic heterocycles. The third-order valence-electron chi connectivity index (χ3n) is 4.76. The number of hydrogen-bond donors (Lipinski definition) is 1. The van der Waals surface area contributed by atoms with E-state index >= 15 is 0 Å². The Morgan fingerprint density at radius 3 is 2.89 bits per heavy atom. The first-order valence-electron chi connectivity index (χ1n) is 9.08. The van der Waals surface area contributed by atoms with Crippen LogP contribution in [-0.2, 0) is 13.1 Å². The molecule has 0 saturated carbocycles. The van der Waals surface area contributed by atoms with E-state index in [1.165, 1.54) is 0 Å². The number of pyridine rings is 1. The lowest BCUT2D eigenvalue weighted by Gasteiger charge is -2.19. The first-order valence-corrected chi connectivity index (χ1v) is 9.46. The van der Waals surface area contributed by atoms with Crippen LogP contribution < -0.4 is 9.47 Å². The normalized spacial score (nSPS) is 14.1. The molecule has 2 aromatic carbocycles. The number of fused-ring (bicyclic) bond motifs is 1. The molecule has 1 N–H and O–H groups in total. The second kappa shape index (κ2) is 8.09. The minimum absolute atomic E-state index is 0.147. The van der Waals surface area contributed by atoms with E-state index in [0.717, 1.165) is 34.7 Å². The molecule has 4 rings (SSSR count). The zero-order valence-electron chi connectivity index (χ0n) is 15.6. The molecular formula is C22H21ClN2O3. The van der Waals surface area contributed by atoms with E-state index < -0.39 is 0 Å². The summed E-state index contributed by atoms with van der Waals surface area (Å²) in [5.41, 5.74) is 3.73. The number of aromatic nitrogens is 1. The lowest BCUT2D eigenvalue weighted by atomic mass is 10.0. The van der Waals surface area contributed by atoms with Gasteiger partial charge in [0.15, 0.2) is 11.5 Å². The molecule has 2 heterocycles. The summed E-state index contributed by atoms with van der Waals surface area (Å²) in [6.07, 6.45) is 1.75. The van der Waals surface area contributed by atoms with Crippen LogP contribution in [0.25, 0.3) is 11.1 Å². The number of phenolic OH excluding ortho intramolecular Hbond substituents is 1. The van der Waals surface area contributed by atoms with Crippen molar-refractivity contribution in [3.63, 3.8) is 0 Å². The van der Waals surface area contributed by atoms with Gasteiger partial charge in [-0.05, 0) is 41.5 Å². The summed E-state index contributed by atoms with van der Waals surface area (Å²) in [5, 5.41) is 11.2. The van der Waals surface area contributed by atoms with E-state index in [9.17, 15) is 5.11 Å². The molecule has 5 nitrogen and oxygen atoms in total. The highest BCUT2D eigenvalue weighted by molar-refractivity contribution is 6.30. The Hall–Kier alpha value is -2.76. The third kappa shape index (κ3) is 4.06. The van der Waals surface area contributed by atoms with Crippen LogP contribution in [0.5, 0.6) is 17.2 Å². The van der Waals surface area contributed by atoms with E-state index in [1.54, 1.807) is 19.4 Å². The topological polar surface area (TPSA) is 54.8 Å². The summed E-state index contributed by atoms with van der Waals surface area (Å²) in [7, 11) is 1.65. The van der Waals surface area contributed by atoms with Crippen molar-refractivity contribution in [3.8, 4) is 28.4 Å². The molecule has 1 aliphatic rings. The van der Waals surface area contributed by atoms with Crippen LogP contribution in [0, 0.1) is 0 Å². The van der Waals surface area contributed by atoms with Gasteiger partial charge in [-0.15, -0.1) is 0 Å². The number of methoxy groups -OCH3 is 1. The van der Waals surface area contributed by atoms with Crippen LogP contribution in [0.1, 0.15) is 11.3 Å². The van der Waals surface area contributed by atoms with Crippen LogP contribution in [0.15, 0.2) is 54.7 Å². The molecule has 0 fully saturated rings. The largest absolute Gasteiger partial charge is 0.504 e. The van der Waals surface area contributed by atoms with Crippen LogP contribution in [0.4, 0.5) is 0 Å². The Kier molecular flexibility index (Phi) is 5.37. The fourth-order valence-electron chi connectivity index (χ4n) is 3.42.